The maximum Gasteiger partial charge on any atom is 0.0428 e. The van der Waals surface area contributed by atoms with Crippen molar-refractivity contribution in [3.63, 3.8) is 0 Å². The fourth-order valence-electron chi connectivity index (χ4n) is 3.00. The minimum absolute atomic E-state index is 0.549. The number of rotatable bonds is 2. The number of alkyl halides is 1. The van der Waals surface area contributed by atoms with Gasteiger partial charge in [-0.1, -0.05) is 48.0 Å². The lowest BCUT2D eigenvalue weighted by Gasteiger charge is -2.13. The summed E-state index contributed by atoms with van der Waals surface area (Å²) in [6.07, 6.45) is 5.29. The van der Waals surface area contributed by atoms with E-state index in [-0.39, 0.29) is 0 Å². The van der Waals surface area contributed by atoms with E-state index in [9.17, 15) is 0 Å². The molecular weight excluding hydrogens is 260 g/mol. The van der Waals surface area contributed by atoms with Gasteiger partial charge in [-0.3, -0.25) is 0 Å². The van der Waals surface area contributed by atoms with Gasteiger partial charge >= 0.3 is 0 Å². The van der Waals surface area contributed by atoms with Gasteiger partial charge < -0.3 is 0 Å². The average molecular weight is 279 g/mol. The van der Waals surface area contributed by atoms with Crippen LogP contribution in [0.25, 0.3) is 0 Å². The molecule has 86 valence electrons. The van der Waals surface area contributed by atoms with E-state index in [0.29, 0.717) is 10.2 Å². The fourth-order valence-corrected chi connectivity index (χ4v) is 4.19. The van der Waals surface area contributed by atoms with E-state index < -0.39 is 0 Å². The first-order valence-corrected chi connectivity index (χ1v) is 7.25. The average Bonchev–Trinajstić information content (AvgIpc) is 2.72. The second-order valence-corrected chi connectivity index (χ2v) is 7.07. The Kier molecular flexibility index (Phi) is 2.43. The Morgan fingerprint density at radius 1 is 1.25 bits per heavy atom. The Bertz CT molecular complexity index is 419. The lowest BCUT2D eigenvalue weighted by atomic mass is 9.99. The van der Waals surface area contributed by atoms with Crippen molar-refractivity contribution in [1.29, 1.82) is 0 Å². The minimum Gasteiger partial charge on any atom is -0.0836 e. The number of halogens is 1. The SMILES string of the molecule is CC1(C)CC1C(Br)c1ccc2c(c1)CCC2. The highest BCUT2D eigenvalue weighted by Gasteiger charge is 2.49. The lowest BCUT2D eigenvalue weighted by molar-refractivity contribution is 0.555. The molecule has 2 atom stereocenters. The summed E-state index contributed by atoms with van der Waals surface area (Å²) in [4.78, 5) is 0.563. The molecule has 1 saturated carbocycles. The molecule has 0 spiro atoms. The van der Waals surface area contributed by atoms with Gasteiger partial charge in [-0.2, -0.15) is 0 Å². The molecule has 1 heteroatoms. The predicted octanol–water partition coefficient (Wildman–Crippen LogP) is 4.66. The van der Waals surface area contributed by atoms with Crippen LogP contribution in [0.1, 0.15) is 48.2 Å². The van der Waals surface area contributed by atoms with E-state index >= 15 is 0 Å². The third-order valence-corrected chi connectivity index (χ3v) is 5.55. The molecule has 1 aromatic carbocycles. The smallest absolute Gasteiger partial charge is 0.0428 e. The van der Waals surface area contributed by atoms with Crippen LogP contribution < -0.4 is 0 Å². The third-order valence-electron chi connectivity index (χ3n) is 4.38. The lowest BCUT2D eigenvalue weighted by Crippen LogP contribution is -1.99. The van der Waals surface area contributed by atoms with Crippen molar-refractivity contribution < 1.29 is 0 Å². The molecule has 0 N–H and O–H groups in total. The maximum absolute atomic E-state index is 3.90. The fraction of sp³-hybridized carbons (Fsp3) is 0.600. The van der Waals surface area contributed by atoms with E-state index in [1.54, 1.807) is 11.1 Å². The van der Waals surface area contributed by atoms with Crippen LogP contribution >= 0.6 is 15.9 Å². The molecule has 2 aliphatic carbocycles. The molecule has 0 saturated heterocycles. The van der Waals surface area contributed by atoms with Crippen LogP contribution in [0.5, 0.6) is 0 Å². The number of fused-ring (bicyclic) bond motifs is 1. The predicted molar refractivity (Wildman–Crippen MR) is 72.0 cm³/mol. The van der Waals surface area contributed by atoms with Crippen LogP contribution in [0.15, 0.2) is 18.2 Å². The molecule has 0 nitrogen and oxygen atoms in total. The van der Waals surface area contributed by atoms with Gasteiger partial charge in [-0.05, 0) is 53.7 Å². The van der Waals surface area contributed by atoms with Crippen molar-refractivity contribution in [1.82, 2.24) is 0 Å². The molecule has 2 aliphatic rings. The Hall–Kier alpha value is -0.300. The van der Waals surface area contributed by atoms with Crippen LogP contribution in [0, 0.1) is 11.3 Å². The summed E-state index contributed by atoms with van der Waals surface area (Å²) in [5.74, 6) is 0.826. The zero-order chi connectivity index (χ0) is 11.3. The summed E-state index contributed by atoms with van der Waals surface area (Å²) in [5, 5.41) is 0. The van der Waals surface area contributed by atoms with Crippen molar-refractivity contribution in [2.45, 2.75) is 44.4 Å². The highest BCUT2D eigenvalue weighted by molar-refractivity contribution is 9.09. The summed E-state index contributed by atoms with van der Waals surface area (Å²) >= 11 is 3.90. The van der Waals surface area contributed by atoms with Gasteiger partial charge in [0.25, 0.3) is 0 Å². The van der Waals surface area contributed by atoms with Crippen molar-refractivity contribution in [3.05, 3.63) is 34.9 Å². The first-order valence-electron chi connectivity index (χ1n) is 6.34. The molecule has 0 aromatic heterocycles. The molecule has 1 aromatic rings. The summed E-state index contributed by atoms with van der Waals surface area (Å²) < 4.78 is 0. The van der Waals surface area contributed by atoms with Crippen LogP contribution in [0.2, 0.25) is 0 Å². The van der Waals surface area contributed by atoms with Crippen molar-refractivity contribution in [2.75, 3.05) is 0 Å². The molecule has 0 heterocycles. The number of hydrogen-bond acceptors (Lipinski definition) is 0. The monoisotopic (exact) mass is 278 g/mol. The van der Waals surface area contributed by atoms with Gasteiger partial charge in [0.1, 0.15) is 0 Å². The third kappa shape index (κ3) is 1.73. The van der Waals surface area contributed by atoms with E-state index in [1.165, 1.54) is 31.2 Å². The molecule has 2 unspecified atom stereocenters. The van der Waals surface area contributed by atoms with E-state index in [0.717, 1.165) is 5.92 Å². The second kappa shape index (κ2) is 3.60. The molecule has 16 heavy (non-hydrogen) atoms. The zero-order valence-corrected chi connectivity index (χ0v) is 11.7. The largest absolute Gasteiger partial charge is 0.0836 e. The first-order chi connectivity index (χ1) is 7.58. The molecule has 1 fully saturated rings. The van der Waals surface area contributed by atoms with Gasteiger partial charge in [0.15, 0.2) is 0 Å². The maximum atomic E-state index is 3.90. The molecule has 0 amide bonds. The summed E-state index contributed by atoms with van der Waals surface area (Å²) in [6, 6.07) is 7.12. The van der Waals surface area contributed by atoms with E-state index in [4.69, 9.17) is 0 Å². The van der Waals surface area contributed by atoms with Crippen LogP contribution in [0.4, 0.5) is 0 Å². The Balaban J connectivity index is 1.85. The topological polar surface area (TPSA) is 0 Å². The Labute approximate surface area is 107 Å². The van der Waals surface area contributed by atoms with Gasteiger partial charge in [-0.15, -0.1) is 0 Å². The standard InChI is InChI=1S/C15H19Br/c1-15(2)9-13(15)14(16)12-7-6-10-4-3-5-11(10)8-12/h6-8,13-14H,3-5,9H2,1-2H3. The Morgan fingerprint density at radius 2 is 1.94 bits per heavy atom. The van der Waals surface area contributed by atoms with Crippen LogP contribution in [-0.4, -0.2) is 0 Å². The van der Waals surface area contributed by atoms with Gasteiger partial charge in [0.05, 0.1) is 0 Å². The highest BCUT2D eigenvalue weighted by Crippen LogP contribution is 2.60. The molecule has 0 aliphatic heterocycles. The van der Waals surface area contributed by atoms with Crippen LogP contribution in [-0.2, 0) is 12.8 Å². The summed E-state index contributed by atoms with van der Waals surface area (Å²) in [6.45, 7) is 4.75. The summed E-state index contributed by atoms with van der Waals surface area (Å²) in [7, 11) is 0. The van der Waals surface area contributed by atoms with E-state index in [1.807, 2.05) is 0 Å². The van der Waals surface area contributed by atoms with Crippen molar-refractivity contribution in [3.8, 4) is 0 Å². The minimum atomic E-state index is 0.549. The van der Waals surface area contributed by atoms with Crippen molar-refractivity contribution >= 4 is 15.9 Å². The van der Waals surface area contributed by atoms with Crippen LogP contribution in [0.3, 0.4) is 0 Å². The van der Waals surface area contributed by atoms with E-state index in [2.05, 4.69) is 48.0 Å². The van der Waals surface area contributed by atoms with Gasteiger partial charge in [0.2, 0.25) is 0 Å². The van der Waals surface area contributed by atoms with Gasteiger partial charge in [0, 0.05) is 4.83 Å². The normalized spacial score (nSPS) is 27.6. The highest BCUT2D eigenvalue weighted by atomic mass is 79.9. The Morgan fingerprint density at radius 3 is 2.62 bits per heavy atom. The zero-order valence-electron chi connectivity index (χ0n) is 10.1. The summed E-state index contributed by atoms with van der Waals surface area (Å²) in [5.41, 5.74) is 5.22. The second-order valence-electron chi connectivity index (χ2n) is 6.08. The molecule has 3 rings (SSSR count). The van der Waals surface area contributed by atoms with Crippen molar-refractivity contribution in [2.24, 2.45) is 11.3 Å². The number of aryl methyl sites for hydroxylation is 2. The first kappa shape index (κ1) is 10.8. The number of hydrogen-bond donors (Lipinski definition) is 0. The molecule has 0 radical (unpaired) electrons. The number of benzene rings is 1. The molecular formula is C15H19Br. The van der Waals surface area contributed by atoms with Gasteiger partial charge in [-0.25, -0.2) is 0 Å². The molecule has 0 bridgehead atoms. The quantitative estimate of drug-likeness (QED) is 0.691.